The van der Waals surface area contributed by atoms with Gasteiger partial charge in [-0.2, -0.15) is 0 Å². The molecular formula is C10H21NO3. The number of hydrogen-bond acceptors (Lipinski definition) is 4. The molecule has 4 nitrogen and oxygen atoms in total. The van der Waals surface area contributed by atoms with E-state index < -0.39 is 0 Å². The molecule has 1 unspecified atom stereocenters. The van der Waals surface area contributed by atoms with Crippen molar-refractivity contribution < 1.29 is 14.6 Å². The summed E-state index contributed by atoms with van der Waals surface area (Å²) >= 11 is 0. The van der Waals surface area contributed by atoms with Crippen molar-refractivity contribution in [2.75, 3.05) is 26.3 Å². The first-order valence-corrected chi connectivity index (χ1v) is 5.18. The van der Waals surface area contributed by atoms with Crippen LogP contribution in [-0.2, 0) is 9.53 Å². The molecular weight excluding hydrogens is 182 g/mol. The number of hydrogen-bond donors (Lipinski definition) is 1. The second kappa shape index (κ2) is 7.76. The number of aliphatic hydroxyl groups excluding tert-OH is 1. The minimum Gasteiger partial charge on any atom is -0.465 e. The third-order valence-electron chi connectivity index (χ3n) is 2.07. The lowest BCUT2D eigenvalue weighted by Gasteiger charge is -2.26. The van der Waals surface area contributed by atoms with Gasteiger partial charge in [0.2, 0.25) is 0 Å². The van der Waals surface area contributed by atoms with Crippen molar-refractivity contribution in [3.63, 3.8) is 0 Å². The highest BCUT2D eigenvalue weighted by Gasteiger charge is 2.20. The maximum atomic E-state index is 11.4. The van der Waals surface area contributed by atoms with Gasteiger partial charge in [0.05, 0.1) is 13.2 Å². The Balaban J connectivity index is 4.11. The SMILES string of the molecule is CCCN(CCO)C(C)C(=O)OCC. The molecule has 0 aliphatic rings. The molecule has 1 atom stereocenters. The summed E-state index contributed by atoms with van der Waals surface area (Å²) in [5.74, 6) is -0.214. The molecule has 1 N–H and O–H groups in total. The topological polar surface area (TPSA) is 49.8 Å². The molecule has 0 aliphatic carbocycles. The molecule has 0 aliphatic heterocycles. The van der Waals surface area contributed by atoms with Gasteiger partial charge in [0.25, 0.3) is 0 Å². The zero-order valence-electron chi connectivity index (χ0n) is 9.32. The van der Waals surface area contributed by atoms with Crippen LogP contribution in [0.4, 0.5) is 0 Å². The summed E-state index contributed by atoms with van der Waals surface area (Å²) < 4.78 is 4.92. The molecule has 0 saturated carbocycles. The summed E-state index contributed by atoms with van der Waals surface area (Å²) in [6.45, 7) is 7.45. The Morgan fingerprint density at radius 2 is 2.07 bits per heavy atom. The minimum atomic E-state index is -0.262. The van der Waals surface area contributed by atoms with Crippen molar-refractivity contribution in [2.45, 2.75) is 33.2 Å². The van der Waals surface area contributed by atoms with Crippen LogP contribution in [0.2, 0.25) is 0 Å². The maximum absolute atomic E-state index is 11.4. The van der Waals surface area contributed by atoms with E-state index >= 15 is 0 Å². The highest BCUT2D eigenvalue weighted by Crippen LogP contribution is 2.02. The van der Waals surface area contributed by atoms with E-state index in [1.807, 2.05) is 18.7 Å². The summed E-state index contributed by atoms with van der Waals surface area (Å²) in [6, 6.07) is -0.262. The first kappa shape index (κ1) is 13.4. The van der Waals surface area contributed by atoms with Crippen LogP contribution in [0.15, 0.2) is 0 Å². The number of esters is 1. The van der Waals surface area contributed by atoms with E-state index in [2.05, 4.69) is 0 Å². The zero-order valence-corrected chi connectivity index (χ0v) is 9.32. The number of nitrogens with zero attached hydrogens (tertiary/aromatic N) is 1. The van der Waals surface area contributed by atoms with Gasteiger partial charge in [-0.05, 0) is 26.8 Å². The molecule has 0 rings (SSSR count). The first-order chi connectivity index (χ1) is 6.67. The average Bonchev–Trinajstić information content (AvgIpc) is 2.17. The molecule has 0 heterocycles. The van der Waals surface area contributed by atoms with Gasteiger partial charge in [0, 0.05) is 6.54 Å². The van der Waals surface area contributed by atoms with Crippen LogP contribution in [0.5, 0.6) is 0 Å². The summed E-state index contributed by atoms with van der Waals surface area (Å²) in [6.07, 6.45) is 0.962. The van der Waals surface area contributed by atoms with Crippen LogP contribution in [0.25, 0.3) is 0 Å². The van der Waals surface area contributed by atoms with Crippen LogP contribution in [0.3, 0.4) is 0 Å². The predicted octanol–water partition coefficient (Wildman–Crippen LogP) is 0.642. The van der Waals surface area contributed by atoms with Gasteiger partial charge in [-0.1, -0.05) is 6.92 Å². The van der Waals surface area contributed by atoms with Crippen molar-refractivity contribution in [1.82, 2.24) is 4.90 Å². The monoisotopic (exact) mass is 203 g/mol. The van der Waals surface area contributed by atoms with E-state index in [4.69, 9.17) is 9.84 Å². The third kappa shape index (κ3) is 4.58. The third-order valence-corrected chi connectivity index (χ3v) is 2.07. The molecule has 0 aromatic rings. The Labute approximate surface area is 85.9 Å². The number of carbonyl (C=O) groups is 1. The Morgan fingerprint density at radius 1 is 1.43 bits per heavy atom. The normalized spacial score (nSPS) is 12.9. The lowest BCUT2D eigenvalue weighted by Crippen LogP contribution is -2.42. The van der Waals surface area contributed by atoms with Crippen molar-refractivity contribution in [2.24, 2.45) is 0 Å². The molecule has 0 saturated heterocycles. The molecule has 14 heavy (non-hydrogen) atoms. The predicted molar refractivity (Wildman–Crippen MR) is 55.0 cm³/mol. The molecule has 0 aromatic heterocycles. The molecule has 0 amide bonds. The fourth-order valence-electron chi connectivity index (χ4n) is 1.33. The first-order valence-electron chi connectivity index (χ1n) is 5.18. The number of rotatable bonds is 7. The van der Waals surface area contributed by atoms with E-state index in [0.29, 0.717) is 13.2 Å². The molecule has 0 radical (unpaired) electrons. The van der Waals surface area contributed by atoms with Crippen molar-refractivity contribution >= 4 is 5.97 Å². The zero-order chi connectivity index (χ0) is 11.0. The fourth-order valence-corrected chi connectivity index (χ4v) is 1.33. The fraction of sp³-hybridized carbons (Fsp3) is 0.900. The Morgan fingerprint density at radius 3 is 2.50 bits per heavy atom. The molecule has 0 fully saturated rings. The number of ether oxygens (including phenoxy) is 1. The Bertz CT molecular complexity index is 155. The average molecular weight is 203 g/mol. The van der Waals surface area contributed by atoms with Crippen molar-refractivity contribution in [3.05, 3.63) is 0 Å². The number of aliphatic hydroxyl groups is 1. The molecule has 84 valence electrons. The van der Waals surface area contributed by atoms with Gasteiger partial charge in [0.1, 0.15) is 6.04 Å². The van der Waals surface area contributed by atoms with Gasteiger partial charge < -0.3 is 9.84 Å². The van der Waals surface area contributed by atoms with E-state index in [1.165, 1.54) is 0 Å². The molecule has 0 aromatic carbocycles. The standard InChI is InChI=1S/C10H21NO3/c1-4-6-11(7-8-12)9(3)10(13)14-5-2/h9,12H,4-8H2,1-3H3. The van der Waals surface area contributed by atoms with Gasteiger partial charge in [0.15, 0.2) is 0 Å². The van der Waals surface area contributed by atoms with Crippen LogP contribution in [0.1, 0.15) is 27.2 Å². The quantitative estimate of drug-likeness (QED) is 0.617. The van der Waals surface area contributed by atoms with Gasteiger partial charge in [-0.25, -0.2) is 0 Å². The highest BCUT2D eigenvalue weighted by atomic mass is 16.5. The summed E-state index contributed by atoms with van der Waals surface area (Å²) in [4.78, 5) is 13.3. The van der Waals surface area contributed by atoms with Crippen LogP contribution >= 0.6 is 0 Å². The molecule has 0 bridgehead atoms. The smallest absolute Gasteiger partial charge is 0.323 e. The Hall–Kier alpha value is -0.610. The second-order valence-corrected chi connectivity index (χ2v) is 3.19. The summed E-state index contributed by atoms with van der Waals surface area (Å²) in [5.41, 5.74) is 0. The van der Waals surface area contributed by atoms with Crippen molar-refractivity contribution in [3.8, 4) is 0 Å². The van der Waals surface area contributed by atoms with Gasteiger partial charge in [-0.15, -0.1) is 0 Å². The van der Waals surface area contributed by atoms with E-state index in [1.54, 1.807) is 6.92 Å². The van der Waals surface area contributed by atoms with E-state index in [-0.39, 0.29) is 18.6 Å². The minimum absolute atomic E-state index is 0.0732. The lowest BCUT2D eigenvalue weighted by atomic mass is 10.2. The molecule has 4 heteroatoms. The van der Waals surface area contributed by atoms with Gasteiger partial charge >= 0.3 is 5.97 Å². The summed E-state index contributed by atoms with van der Waals surface area (Å²) in [7, 11) is 0. The second-order valence-electron chi connectivity index (χ2n) is 3.19. The highest BCUT2D eigenvalue weighted by molar-refractivity contribution is 5.75. The maximum Gasteiger partial charge on any atom is 0.323 e. The van der Waals surface area contributed by atoms with E-state index in [9.17, 15) is 4.79 Å². The molecule has 0 spiro atoms. The van der Waals surface area contributed by atoms with Crippen molar-refractivity contribution in [1.29, 1.82) is 0 Å². The largest absolute Gasteiger partial charge is 0.465 e. The van der Waals surface area contributed by atoms with Crippen LogP contribution < -0.4 is 0 Å². The van der Waals surface area contributed by atoms with Crippen LogP contribution in [0, 0.1) is 0 Å². The van der Waals surface area contributed by atoms with Gasteiger partial charge in [-0.3, -0.25) is 9.69 Å². The summed E-state index contributed by atoms with van der Waals surface area (Å²) in [5, 5.41) is 8.83. The van der Waals surface area contributed by atoms with E-state index in [0.717, 1.165) is 13.0 Å². The Kier molecular flexibility index (Phi) is 7.42. The van der Waals surface area contributed by atoms with Crippen LogP contribution in [-0.4, -0.2) is 48.3 Å². The lowest BCUT2D eigenvalue weighted by molar-refractivity contribution is -0.149. The number of carbonyl (C=O) groups excluding carboxylic acids is 1.